The van der Waals surface area contributed by atoms with Gasteiger partial charge >= 0.3 is 5.97 Å². The third-order valence-corrected chi connectivity index (χ3v) is 3.26. The summed E-state index contributed by atoms with van der Waals surface area (Å²) in [6, 6.07) is 10.0. The standard InChI is InChI=1S/C13H16O3/c1-10(12(14)15)7-13(8-16-9-13)11-5-3-2-4-6-11/h2-6,10H,7-9H2,1H3,(H,14,15). The molecular formula is C13H16O3. The Hall–Kier alpha value is -1.35. The lowest BCUT2D eigenvalue weighted by Gasteiger charge is -2.43. The average Bonchev–Trinajstić information content (AvgIpc) is 2.24. The second-order valence-electron chi connectivity index (χ2n) is 4.58. The highest BCUT2D eigenvalue weighted by molar-refractivity contribution is 5.69. The monoisotopic (exact) mass is 220 g/mol. The third-order valence-electron chi connectivity index (χ3n) is 3.26. The molecule has 86 valence electrons. The number of rotatable bonds is 4. The number of ether oxygens (including phenoxy) is 1. The summed E-state index contributed by atoms with van der Waals surface area (Å²) in [4.78, 5) is 10.9. The summed E-state index contributed by atoms with van der Waals surface area (Å²) < 4.78 is 5.28. The minimum atomic E-state index is -0.734. The second kappa shape index (κ2) is 4.26. The predicted octanol–water partition coefficient (Wildman–Crippen LogP) is 2.07. The molecule has 1 N–H and O–H groups in total. The molecule has 1 fully saturated rings. The van der Waals surface area contributed by atoms with Gasteiger partial charge in [0.1, 0.15) is 0 Å². The number of carbonyl (C=O) groups is 1. The highest BCUT2D eigenvalue weighted by atomic mass is 16.5. The predicted molar refractivity (Wildman–Crippen MR) is 60.4 cm³/mol. The van der Waals surface area contributed by atoms with Gasteiger partial charge in [0, 0.05) is 5.41 Å². The second-order valence-corrected chi connectivity index (χ2v) is 4.58. The number of hydrogen-bond donors (Lipinski definition) is 1. The largest absolute Gasteiger partial charge is 0.481 e. The number of carboxylic acid groups (broad SMARTS) is 1. The average molecular weight is 220 g/mol. The van der Waals surface area contributed by atoms with E-state index < -0.39 is 5.97 Å². The van der Waals surface area contributed by atoms with Crippen LogP contribution < -0.4 is 0 Å². The van der Waals surface area contributed by atoms with Gasteiger partial charge in [-0.2, -0.15) is 0 Å². The van der Waals surface area contributed by atoms with Gasteiger partial charge in [-0.15, -0.1) is 0 Å². The maximum Gasteiger partial charge on any atom is 0.306 e. The molecule has 1 saturated heterocycles. The van der Waals surface area contributed by atoms with Crippen LogP contribution in [0.2, 0.25) is 0 Å². The molecule has 1 aliphatic rings. The van der Waals surface area contributed by atoms with E-state index in [1.165, 1.54) is 5.56 Å². The lowest BCUT2D eigenvalue weighted by molar-refractivity contribution is -0.144. The van der Waals surface area contributed by atoms with Crippen LogP contribution >= 0.6 is 0 Å². The van der Waals surface area contributed by atoms with Crippen LogP contribution in [0.25, 0.3) is 0 Å². The van der Waals surface area contributed by atoms with Gasteiger partial charge in [0.2, 0.25) is 0 Å². The quantitative estimate of drug-likeness (QED) is 0.844. The zero-order valence-electron chi connectivity index (χ0n) is 9.35. The van der Waals surface area contributed by atoms with Gasteiger partial charge in [-0.05, 0) is 12.0 Å². The Morgan fingerprint density at radius 1 is 1.44 bits per heavy atom. The van der Waals surface area contributed by atoms with Crippen molar-refractivity contribution in [2.24, 2.45) is 5.92 Å². The van der Waals surface area contributed by atoms with E-state index in [-0.39, 0.29) is 11.3 Å². The Morgan fingerprint density at radius 2 is 2.06 bits per heavy atom. The summed E-state index contributed by atoms with van der Waals surface area (Å²) in [5.74, 6) is -1.06. The van der Waals surface area contributed by atoms with Crippen molar-refractivity contribution in [1.29, 1.82) is 0 Å². The molecule has 3 nitrogen and oxygen atoms in total. The molecule has 1 atom stereocenters. The Balaban J connectivity index is 2.17. The van der Waals surface area contributed by atoms with E-state index in [0.29, 0.717) is 19.6 Å². The zero-order chi connectivity index (χ0) is 11.6. The molecule has 3 heteroatoms. The smallest absolute Gasteiger partial charge is 0.306 e. The summed E-state index contributed by atoms with van der Waals surface area (Å²) >= 11 is 0. The van der Waals surface area contributed by atoms with Crippen LogP contribution in [0, 0.1) is 5.92 Å². The number of hydrogen-bond acceptors (Lipinski definition) is 2. The van der Waals surface area contributed by atoms with E-state index in [2.05, 4.69) is 12.1 Å². The normalized spacial score (nSPS) is 19.8. The van der Waals surface area contributed by atoms with Gasteiger partial charge < -0.3 is 9.84 Å². The minimum absolute atomic E-state index is 0.0843. The van der Waals surface area contributed by atoms with Gasteiger partial charge in [-0.25, -0.2) is 0 Å². The van der Waals surface area contributed by atoms with Crippen molar-refractivity contribution >= 4 is 5.97 Å². The summed E-state index contributed by atoms with van der Waals surface area (Å²) in [6.07, 6.45) is 0.645. The zero-order valence-corrected chi connectivity index (χ0v) is 9.35. The van der Waals surface area contributed by atoms with Gasteiger partial charge in [-0.1, -0.05) is 37.3 Å². The number of aliphatic carboxylic acids is 1. The molecule has 0 saturated carbocycles. The van der Waals surface area contributed by atoms with Crippen molar-refractivity contribution < 1.29 is 14.6 Å². The Kier molecular flexibility index (Phi) is 2.97. The van der Waals surface area contributed by atoms with Crippen molar-refractivity contribution in [3.63, 3.8) is 0 Å². The summed E-state index contributed by atoms with van der Waals surface area (Å²) in [5, 5.41) is 8.97. The lowest BCUT2D eigenvalue weighted by atomic mass is 9.72. The first-order valence-electron chi connectivity index (χ1n) is 5.50. The molecule has 1 heterocycles. The number of carboxylic acids is 1. The molecule has 1 unspecified atom stereocenters. The molecule has 1 aromatic rings. The van der Waals surface area contributed by atoms with Crippen LogP contribution in [0.15, 0.2) is 30.3 Å². The summed E-state index contributed by atoms with van der Waals surface area (Å²) in [6.45, 7) is 3.02. The lowest BCUT2D eigenvalue weighted by Crippen LogP contribution is -2.48. The molecule has 0 aliphatic carbocycles. The fourth-order valence-electron chi connectivity index (χ4n) is 2.22. The molecule has 1 aliphatic heterocycles. The SMILES string of the molecule is CC(CC1(c2ccccc2)COC1)C(=O)O. The van der Waals surface area contributed by atoms with Gasteiger partial charge in [0.15, 0.2) is 0 Å². The van der Waals surface area contributed by atoms with E-state index in [1.807, 2.05) is 18.2 Å². The van der Waals surface area contributed by atoms with E-state index in [0.717, 1.165) is 0 Å². The Labute approximate surface area is 95.0 Å². The Bertz CT molecular complexity index is 368. The van der Waals surface area contributed by atoms with Gasteiger partial charge in [0.05, 0.1) is 19.1 Å². The van der Waals surface area contributed by atoms with Crippen LogP contribution in [-0.2, 0) is 14.9 Å². The van der Waals surface area contributed by atoms with Crippen LogP contribution in [0.3, 0.4) is 0 Å². The fourth-order valence-corrected chi connectivity index (χ4v) is 2.22. The number of benzene rings is 1. The topological polar surface area (TPSA) is 46.5 Å². The van der Waals surface area contributed by atoms with E-state index in [4.69, 9.17) is 9.84 Å². The molecule has 1 aromatic carbocycles. The fraction of sp³-hybridized carbons (Fsp3) is 0.462. The molecular weight excluding hydrogens is 204 g/mol. The summed E-state index contributed by atoms with van der Waals surface area (Å²) in [7, 11) is 0. The van der Waals surface area contributed by atoms with Crippen molar-refractivity contribution in [3.8, 4) is 0 Å². The van der Waals surface area contributed by atoms with Crippen LogP contribution in [0.5, 0.6) is 0 Å². The van der Waals surface area contributed by atoms with E-state index in [9.17, 15) is 4.79 Å². The van der Waals surface area contributed by atoms with Crippen LogP contribution in [-0.4, -0.2) is 24.3 Å². The highest BCUT2D eigenvalue weighted by Crippen LogP contribution is 2.38. The van der Waals surface area contributed by atoms with Crippen molar-refractivity contribution in [2.75, 3.05) is 13.2 Å². The third kappa shape index (κ3) is 1.95. The van der Waals surface area contributed by atoms with Gasteiger partial charge in [0.25, 0.3) is 0 Å². The molecule has 0 bridgehead atoms. The highest BCUT2D eigenvalue weighted by Gasteiger charge is 2.42. The first kappa shape index (κ1) is 11.1. The van der Waals surface area contributed by atoms with E-state index in [1.54, 1.807) is 6.92 Å². The summed E-state index contributed by atoms with van der Waals surface area (Å²) in [5.41, 5.74) is 1.10. The molecule has 2 rings (SSSR count). The first-order chi connectivity index (χ1) is 7.64. The van der Waals surface area contributed by atoms with Gasteiger partial charge in [-0.3, -0.25) is 4.79 Å². The van der Waals surface area contributed by atoms with Crippen molar-refractivity contribution in [2.45, 2.75) is 18.8 Å². The van der Waals surface area contributed by atoms with Crippen LogP contribution in [0.4, 0.5) is 0 Å². The van der Waals surface area contributed by atoms with Crippen LogP contribution in [0.1, 0.15) is 18.9 Å². The molecule has 0 aromatic heterocycles. The Morgan fingerprint density at radius 3 is 2.50 bits per heavy atom. The molecule has 0 radical (unpaired) electrons. The molecule has 0 amide bonds. The van der Waals surface area contributed by atoms with Crippen molar-refractivity contribution in [1.82, 2.24) is 0 Å². The van der Waals surface area contributed by atoms with Crippen molar-refractivity contribution in [3.05, 3.63) is 35.9 Å². The molecule has 16 heavy (non-hydrogen) atoms. The maximum absolute atomic E-state index is 10.9. The minimum Gasteiger partial charge on any atom is -0.481 e. The maximum atomic E-state index is 10.9. The molecule has 0 spiro atoms. The first-order valence-corrected chi connectivity index (χ1v) is 5.50. The van der Waals surface area contributed by atoms with E-state index >= 15 is 0 Å².